The highest BCUT2D eigenvalue weighted by Crippen LogP contribution is 2.39. The Kier molecular flexibility index (Phi) is 4.67. The van der Waals surface area contributed by atoms with E-state index < -0.39 is 0 Å². The van der Waals surface area contributed by atoms with Crippen LogP contribution < -0.4 is 5.32 Å². The van der Waals surface area contributed by atoms with Gasteiger partial charge in [0.05, 0.1) is 10.3 Å². The molecule has 2 aromatic carbocycles. The third-order valence-electron chi connectivity index (χ3n) is 5.71. The average Bonchev–Trinajstić information content (AvgIpc) is 3.20. The van der Waals surface area contributed by atoms with Crippen molar-refractivity contribution in [3.05, 3.63) is 74.9 Å². The number of nitro groups is 1. The molecule has 6 nitrogen and oxygen atoms in total. The molecule has 1 aliphatic carbocycles. The van der Waals surface area contributed by atoms with Gasteiger partial charge < -0.3 is 5.32 Å². The summed E-state index contributed by atoms with van der Waals surface area (Å²) in [4.78, 5) is 20.6. The quantitative estimate of drug-likeness (QED) is 0.316. The lowest BCUT2D eigenvalue weighted by Gasteiger charge is -2.17. The van der Waals surface area contributed by atoms with Crippen molar-refractivity contribution in [2.45, 2.75) is 32.6 Å². The Morgan fingerprint density at radius 1 is 1.07 bits per heavy atom. The Labute approximate surface area is 177 Å². The molecule has 1 N–H and O–H groups in total. The zero-order chi connectivity index (χ0) is 20.7. The summed E-state index contributed by atoms with van der Waals surface area (Å²) >= 11 is 1.58. The largest absolute Gasteiger partial charge is 0.339 e. The minimum Gasteiger partial charge on any atom is -0.339 e. The summed E-state index contributed by atoms with van der Waals surface area (Å²) in [5, 5.41) is 17.6. The maximum Gasteiger partial charge on any atom is 0.271 e. The second-order valence-corrected chi connectivity index (χ2v) is 8.48. The molecule has 0 unspecified atom stereocenters. The van der Waals surface area contributed by atoms with Crippen LogP contribution in [0.1, 0.15) is 29.5 Å². The molecule has 0 fully saturated rings. The Bertz CT molecular complexity index is 1280. The van der Waals surface area contributed by atoms with E-state index >= 15 is 0 Å². The minimum atomic E-state index is -0.386. The molecule has 0 saturated heterocycles. The fraction of sp³-hybridized carbons (Fsp3) is 0.217. The molecule has 0 aliphatic heterocycles. The van der Waals surface area contributed by atoms with E-state index in [-0.39, 0.29) is 10.6 Å². The Morgan fingerprint density at radius 3 is 2.73 bits per heavy atom. The molecule has 30 heavy (non-hydrogen) atoms. The predicted molar refractivity (Wildman–Crippen MR) is 121 cm³/mol. The highest BCUT2D eigenvalue weighted by molar-refractivity contribution is 7.17. The van der Waals surface area contributed by atoms with Gasteiger partial charge in [-0.1, -0.05) is 24.3 Å². The maximum atomic E-state index is 11.2. The average molecular weight is 417 g/mol. The van der Waals surface area contributed by atoms with Crippen molar-refractivity contribution in [2.24, 2.45) is 0 Å². The summed E-state index contributed by atoms with van der Waals surface area (Å²) < 4.78 is 0. The highest BCUT2D eigenvalue weighted by Gasteiger charge is 2.17. The first-order chi connectivity index (χ1) is 14.6. The molecule has 0 saturated carbocycles. The number of non-ortho nitro benzene ring substituents is 1. The molecular formula is C23H20N4O2S. The van der Waals surface area contributed by atoms with Gasteiger partial charge in [0.15, 0.2) is 0 Å². The molecule has 2 heterocycles. The number of thiophene rings is 1. The first kappa shape index (κ1) is 18.7. The van der Waals surface area contributed by atoms with Crippen LogP contribution in [0.3, 0.4) is 0 Å². The molecule has 150 valence electrons. The highest BCUT2D eigenvalue weighted by atomic mass is 32.1. The van der Waals surface area contributed by atoms with E-state index in [0.29, 0.717) is 11.5 Å². The molecule has 4 aromatic rings. The van der Waals surface area contributed by atoms with Gasteiger partial charge in [0.2, 0.25) is 0 Å². The number of aromatic nitrogens is 2. The monoisotopic (exact) mass is 416 g/mol. The fourth-order valence-corrected chi connectivity index (χ4v) is 4.99. The first-order valence-electron chi connectivity index (χ1n) is 9.96. The van der Waals surface area contributed by atoms with Crippen LogP contribution in [0.2, 0.25) is 0 Å². The van der Waals surface area contributed by atoms with E-state index in [1.165, 1.54) is 36.4 Å². The van der Waals surface area contributed by atoms with Gasteiger partial charge in [-0.05, 0) is 54.9 Å². The molecule has 7 heteroatoms. The number of aryl methyl sites for hydroxylation is 3. The summed E-state index contributed by atoms with van der Waals surface area (Å²) in [6, 6.07) is 11.5. The third kappa shape index (κ3) is 3.31. The summed E-state index contributed by atoms with van der Waals surface area (Å²) in [5.41, 5.74) is 6.77. The van der Waals surface area contributed by atoms with Crippen LogP contribution in [0.15, 0.2) is 48.1 Å². The zero-order valence-corrected chi connectivity index (χ0v) is 17.3. The van der Waals surface area contributed by atoms with Gasteiger partial charge in [0.25, 0.3) is 5.69 Å². The second-order valence-electron chi connectivity index (χ2n) is 7.62. The number of rotatable bonds is 4. The van der Waals surface area contributed by atoms with Crippen molar-refractivity contribution >= 4 is 38.7 Å². The summed E-state index contributed by atoms with van der Waals surface area (Å²) in [6.45, 7) is 1.92. The second kappa shape index (κ2) is 7.50. The number of benzene rings is 2. The fourth-order valence-electron chi connectivity index (χ4n) is 4.07. The molecule has 0 spiro atoms. The van der Waals surface area contributed by atoms with E-state index in [1.807, 2.05) is 6.92 Å². The van der Waals surface area contributed by atoms with Crippen LogP contribution in [-0.2, 0) is 12.8 Å². The van der Waals surface area contributed by atoms with Crippen LogP contribution in [0.25, 0.3) is 21.3 Å². The maximum absolute atomic E-state index is 11.2. The number of nitro benzene ring substituents is 1. The SMILES string of the molecule is Cc1ccc([N+](=O)[O-])cc1Nc1ncnc2scc(-c3ccc4c(c3)CCCC4)c12. The van der Waals surface area contributed by atoms with Gasteiger partial charge in [-0.25, -0.2) is 9.97 Å². The zero-order valence-electron chi connectivity index (χ0n) is 16.5. The normalized spacial score (nSPS) is 13.2. The lowest BCUT2D eigenvalue weighted by Crippen LogP contribution is -2.02. The summed E-state index contributed by atoms with van der Waals surface area (Å²) in [5.74, 6) is 0.664. The van der Waals surface area contributed by atoms with Gasteiger partial charge in [-0.15, -0.1) is 11.3 Å². The number of anilines is 2. The van der Waals surface area contributed by atoms with E-state index in [4.69, 9.17) is 0 Å². The minimum absolute atomic E-state index is 0.0497. The van der Waals surface area contributed by atoms with Crippen LogP contribution >= 0.6 is 11.3 Å². The number of fused-ring (bicyclic) bond motifs is 2. The molecule has 0 bridgehead atoms. The van der Waals surface area contributed by atoms with Crippen LogP contribution in [0.5, 0.6) is 0 Å². The molecule has 2 aromatic heterocycles. The Balaban J connectivity index is 1.61. The molecule has 0 radical (unpaired) electrons. The molecule has 5 rings (SSSR count). The van der Waals surface area contributed by atoms with Gasteiger partial charge in [-0.3, -0.25) is 10.1 Å². The van der Waals surface area contributed by atoms with Gasteiger partial charge in [0, 0.05) is 28.8 Å². The van der Waals surface area contributed by atoms with E-state index in [2.05, 4.69) is 38.9 Å². The molecular weight excluding hydrogens is 396 g/mol. The number of hydrogen-bond acceptors (Lipinski definition) is 6. The molecule has 1 aliphatic rings. The number of nitrogens with one attached hydrogen (secondary N) is 1. The van der Waals surface area contributed by atoms with Crippen molar-refractivity contribution in [3.8, 4) is 11.1 Å². The van der Waals surface area contributed by atoms with E-state index in [9.17, 15) is 10.1 Å². The van der Waals surface area contributed by atoms with Gasteiger partial charge in [-0.2, -0.15) is 0 Å². The van der Waals surface area contributed by atoms with Crippen molar-refractivity contribution in [2.75, 3.05) is 5.32 Å². The smallest absolute Gasteiger partial charge is 0.271 e. The standard InChI is InChI=1S/C23H20N4O2S/c1-14-6-9-18(27(28)29)11-20(14)26-22-21-19(12-30-23(21)25-13-24-22)17-8-7-15-4-2-3-5-16(15)10-17/h6-13H,2-5H2,1H3,(H,24,25,26). The molecule has 0 atom stereocenters. The number of hydrogen-bond donors (Lipinski definition) is 1. The lowest BCUT2D eigenvalue weighted by molar-refractivity contribution is -0.384. The topological polar surface area (TPSA) is 81.0 Å². The van der Waals surface area contributed by atoms with Crippen LogP contribution in [0.4, 0.5) is 17.2 Å². The summed E-state index contributed by atoms with van der Waals surface area (Å²) in [6.07, 6.45) is 6.31. The van der Waals surface area contributed by atoms with Gasteiger partial charge in [0.1, 0.15) is 17.0 Å². The van der Waals surface area contributed by atoms with Crippen LogP contribution in [-0.4, -0.2) is 14.9 Å². The molecule has 0 amide bonds. The van der Waals surface area contributed by atoms with E-state index in [0.717, 1.165) is 39.7 Å². The van der Waals surface area contributed by atoms with Crippen molar-refractivity contribution < 1.29 is 4.92 Å². The predicted octanol–water partition coefficient (Wildman–Crippen LogP) is 6.20. The van der Waals surface area contributed by atoms with Crippen molar-refractivity contribution in [3.63, 3.8) is 0 Å². The van der Waals surface area contributed by atoms with E-state index in [1.54, 1.807) is 23.5 Å². The Hall–Kier alpha value is -3.32. The lowest BCUT2D eigenvalue weighted by atomic mass is 9.89. The Morgan fingerprint density at radius 2 is 1.90 bits per heavy atom. The van der Waals surface area contributed by atoms with Crippen molar-refractivity contribution in [1.29, 1.82) is 0 Å². The summed E-state index contributed by atoms with van der Waals surface area (Å²) in [7, 11) is 0. The third-order valence-corrected chi connectivity index (χ3v) is 6.60. The number of nitrogens with zero attached hydrogens (tertiary/aromatic N) is 3. The van der Waals surface area contributed by atoms with Gasteiger partial charge >= 0.3 is 0 Å². The first-order valence-corrected chi connectivity index (χ1v) is 10.8. The van der Waals surface area contributed by atoms with Crippen molar-refractivity contribution in [1.82, 2.24) is 9.97 Å². The van der Waals surface area contributed by atoms with Crippen LogP contribution in [0, 0.1) is 17.0 Å².